The van der Waals surface area contributed by atoms with Crippen LogP contribution in [-0.4, -0.2) is 54.7 Å². The van der Waals surface area contributed by atoms with Gasteiger partial charge in [-0.15, -0.1) is 0 Å². The number of urea groups is 1. The van der Waals surface area contributed by atoms with E-state index < -0.39 is 24.0 Å². The summed E-state index contributed by atoms with van der Waals surface area (Å²) >= 11 is 0. The van der Waals surface area contributed by atoms with Gasteiger partial charge >= 0.3 is 18.0 Å². The van der Waals surface area contributed by atoms with Gasteiger partial charge in [-0.25, -0.2) is 9.59 Å². The summed E-state index contributed by atoms with van der Waals surface area (Å²) in [6.07, 6.45) is 0.271. The molecule has 92 valence electrons. The zero-order valence-corrected chi connectivity index (χ0v) is 9.52. The number of ether oxygens (including phenoxy) is 1. The minimum Gasteiger partial charge on any atom is -0.480 e. The molecule has 0 aliphatic heterocycles. The predicted octanol–water partition coefficient (Wildman–Crippen LogP) is -0.336. The molecule has 0 spiro atoms. The van der Waals surface area contributed by atoms with Crippen molar-refractivity contribution in [3.63, 3.8) is 0 Å². The van der Waals surface area contributed by atoms with E-state index in [-0.39, 0.29) is 13.0 Å². The van der Waals surface area contributed by atoms with Gasteiger partial charge < -0.3 is 20.1 Å². The fourth-order valence-corrected chi connectivity index (χ4v) is 0.928. The molecule has 1 unspecified atom stereocenters. The molecule has 0 saturated carbocycles. The fourth-order valence-electron chi connectivity index (χ4n) is 0.928. The molecule has 1 atom stereocenters. The third kappa shape index (κ3) is 4.63. The molecule has 0 rings (SSSR count). The summed E-state index contributed by atoms with van der Waals surface area (Å²) in [5.41, 5.74) is 0. The second kappa shape index (κ2) is 6.65. The van der Waals surface area contributed by atoms with Crippen molar-refractivity contribution in [2.45, 2.75) is 19.4 Å². The first-order chi connectivity index (χ1) is 7.42. The zero-order valence-electron chi connectivity index (χ0n) is 9.52. The number of carboxylic acids is 1. The highest BCUT2D eigenvalue weighted by Crippen LogP contribution is 1.94. The SMILES string of the molecule is CCC(NC(=O)N(C)CC(=O)OC)C(=O)O. The van der Waals surface area contributed by atoms with Crippen molar-refractivity contribution in [2.75, 3.05) is 20.7 Å². The number of nitrogens with one attached hydrogen (secondary N) is 1. The van der Waals surface area contributed by atoms with E-state index in [9.17, 15) is 14.4 Å². The van der Waals surface area contributed by atoms with Crippen molar-refractivity contribution < 1.29 is 24.2 Å². The standard InChI is InChI=1S/C9H16N2O5/c1-4-6(8(13)14)10-9(15)11(2)5-7(12)16-3/h6H,4-5H2,1-3H3,(H,10,15)(H,13,14). The summed E-state index contributed by atoms with van der Waals surface area (Å²) in [5, 5.41) is 11.0. The molecule has 0 aliphatic rings. The molecule has 2 N–H and O–H groups in total. The molecule has 0 aliphatic carbocycles. The van der Waals surface area contributed by atoms with Crippen LogP contribution >= 0.6 is 0 Å². The summed E-state index contributed by atoms with van der Waals surface area (Å²) < 4.78 is 4.37. The van der Waals surface area contributed by atoms with Crippen LogP contribution in [0.2, 0.25) is 0 Å². The quantitative estimate of drug-likeness (QED) is 0.632. The maximum absolute atomic E-state index is 11.4. The van der Waals surface area contributed by atoms with E-state index in [2.05, 4.69) is 10.1 Å². The van der Waals surface area contributed by atoms with Crippen LogP contribution in [0, 0.1) is 0 Å². The lowest BCUT2D eigenvalue weighted by Gasteiger charge is -2.19. The molecular weight excluding hydrogens is 216 g/mol. The van der Waals surface area contributed by atoms with Crippen molar-refractivity contribution in [2.24, 2.45) is 0 Å². The van der Waals surface area contributed by atoms with E-state index in [0.29, 0.717) is 0 Å². The number of carboxylic acid groups (broad SMARTS) is 1. The van der Waals surface area contributed by atoms with E-state index in [1.165, 1.54) is 14.2 Å². The molecule has 0 saturated heterocycles. The summed E-state index contributed by atoms with van der Waals surface area (Å²) in [4.78, 5) is 34.0. The Morgan fingerprint density at radius 1 is 1.44 bits per heavy atom. The lowest BCUT2D eigenvalue weighted by atomic mass is 10.2. The normalized spacial score (nSPS) is 11.4. The molecule has 2 amide bonds. The van der Waals surface area contributed by atoms with Crippen molar-refractivity contribution in [3.8, 4) is 0 Å². The highest BCUT2D eigenvalue weighted by molar-refractivity contribution is 5.84. The van der Waals surface area contributed by atoms with Crippen LogP contribution in [0.15, 0.2) is 0 Å². The Morgan fingerprint density at radius 3 is 2.38 bits per heavy atom. The number of rotatable bonds is 5. The van der Waals surface area contributed by atoms with Crippen molar-refractivity contribution in [1.29, 1.82) is 0 Å². The predicted molar refractivity (Wildman–Crippen MR) is 54.9 cm³/mol. The van der Waals surface area contributed by atoms with Gasteiger partial charge in [0.15, 0.2) is 0 Å². The first-order valence-corrected chi connectivity index (χ1v) is 4.73. The molecule has 0 radical (unpaired) electrons. The van der Waals surface area contributed by atoms with Gasteiger partial charge in [0.05, 0.1) is 7.11 Å². The van der Waals surface area contributed by atoms with Gasteiger partial charge in [0.25, 0.3) is 0 Å². The van der Waals surface area contributed by atoms with Crippen molar-refractivity contribution in [1.82, 2.24) is 10.2 Å². The monoisotopic (exact) mass is 232 g/mol. The molecule has 0 aromatic heterocycles. The minimum atomic E-state index is -1.11. The van der Waals surface area contributed by atoms with E-state index in [4.69, 9.17) is 5.11 Å². The van der Waals surface area contributed by atoms with E-state index in [1.807, 2.05) is 0 Å². The number of amides is 2. The van der Waals surface area contributed by atoms with Crippen LogP contribution in [0.25, 0.3) is 0 Å². The van der Waals surface area contributed by atoms with Gasteiger partial charge in [-0.1, -0.05) is 6.92 Å². The van der Waals surface area contributed by atoms with Crippen LogP contribution in [0.1, 0.15) is 13.3 Å². The number of esters is 1. The number of carbonyl (C=O) groups excluding carboxylic acids is 2. The molecule has 0 heterocycles. The Balaban J connectivity index is 4.23. The first kappa shape index (κ1) is 14.2. The lowest BCUT2D eigenvalue weighted by molar-refractivity contribution is -0.141. The van der Waals surface area contributed by atoms with Gasteiger partial charge in [-0.2, -0.15) is 0 Å². The molecule has 0 bridgehead atoms. The Morgan fingerprint density at radius 2 is 2.00 bits per heavy atom. The molecule has 7 heteroatoms. The minimum absolute atomic E-state index is 0.224. The topological polar surface area (TPSA) is 95.9 Å². The van der Waals surface area contributed by atoms with Gasteiger partial charge in [-0.05, 0) is 6.42 Å². The molecular formula is C9H16N2O5. The lowest BCUT2D eigenvalue weighted by Crippen LogP contribution is -2.47. The number of aliphatic carboxylic acids is 1. The molecule has 0 aromatic carbocycles. The summed E-state index contributed by atoms with van der Waals surface area (Å²) in [5.74, 6) is -1.68. The van der Waals surface area contributed by atoms with Gasteiger partial charge in [0.2, 0.25) is 0 Å². The summed E-state index contributed by atoms with van der Waals surface area (Å²) in [6.45, 7) is 1.41. The van der Waals surface area contributed by atoms with Crippen LogP contribution in [-0.2, 0) is 14.3 Å². The van der Waals surface area contributed by atoms with E-state index >= 15 is 0 Å². The van der Waals surface area contributed by atoms with E-state index in [0.717, 1.165) is 4.90 Å². The van der Waals surface area contributed by atoms with Crippen LogP contribution in [0.5, 0.6) is 0 Å². The summed E-state index contributed by atoms with van der Waals surface area (Å²) in [6, 6.07) is -1.58. The largest absolute Gasteiger partial charge is 0.480 e. The maximum atomic E-state index is 11.4. The highest BCUT2D eigenvalue weighted by atomic mass is 16.5. The zero-order chi connectivity index (χ0) is 12.7. The number of likely N-dealkylation sites (N-methyl/N-ethyl adjacent to an activating group) is 1. The smallest absolute Gasteiger partial charge is 0.326 e. The molecule has 7 nitrogen and oxygen atoms in total. The first-order valence-electron chi connectivity index (χ1n) is 4.73. The molecule has 16 heavy (non-hydrogen) atoms. The van der Waals surface area contributed by atoms with Crippen LogP contribution in [0.4, 0.5) is 4.79 Å². The number of methoxy groups -OCH3 is 1. The summed E-state index contributed by atoms with van der Waals surface area (Å²) in [7, 11) is 2.58. The average molecular weight is 232 g/mol. The van der Waals surface area contributed by atoms with Crippen LogP contribution < -0.4 is 5.32 Å². The fraction of sp³-hybridized carbons (Fsp3) is 0.667. The molecule has 0 aromatic rings. The van der Waals surface area contributed by atoms with Gasteiger partial charge in [0.1, 0.15) is 12.6 Å². The number of hydrogen-bond donors (Lipinski definition) is 2. The molecule has 0 fully saturated rings. The Bertz CT molecular complexity index is 279. The third-order valence-electron chi connectivity index (χ3n) is 1.94. The van der Waals surface area contributed by atoms with Crippen molar-refractivity contribution >= 4 is 18.0 Å². The Hall–Kier alpha value is -1.79. The number of hydrogen-bond acceptors (Lipinski definition) is 4. The van der Waals surface area contributed by atoms with E-state index in [1.54, 1.807) is 6.92 Å². The second-order valence-corrected chi connectivity index (χ2v) is 3.18. The average Bonchev–Trinajstić information content (AvgIpc) is 2.24. The Kier molecular flexibility index (Phi) is 5.91. The number of carbonyl (C=O) groups is 3. The van der Waals surface area contributed by atoms with Crippen molar-refractivity contribution in [3.05, 3.63) is 0 Å². The third-order valence-corrected chi connectivity index (χ3v) is 1.94. The highest BCUT2D eigenvalue weighted by Gasteiger charge is 2.20. The van der Waals surface area contributed by atoms with Crippen LogP contribution in [0.3, 0.4) is 0 Å². The maximum Gasteiger partial charge on any atom is 0.326 e. The van der Waals surface area contributed by atoms with Gasteiger partial charge in [0, 0.05) is 7.05 Å². The Labute approximate surface area is 93.4 Å². The second-order valence-electron chi connectivity index (χ2n) is 3.18. The van der Waals surface area contributed by atoms with Gasteiger partial charge in [-0.3, -0.25) is 4.79 Å². The number of nitrogens with zero attached hydrogens (tertiary/aromatic N) is 1.